The van der Waals surface area contributed by atoms with Gasteiger partial charge in [-0.25, -0.2) is 4.57 Å². The zero-order valence-electron chi connectivity index (χ0n) is 15.2. The van der Waals surface area contributed by atoms with E-state index in [1.807, 2.05) is 50.2 Å². The van der Waals surface area contributed by atoms with Crippen LogP contribution in [0, 0.1) is 13.8 Å². The number of para-hydroxylation sites is 2. The molecule has 0 saturated carbocycles. The van der Waals surface area contributed by atoms with Gasteiger partial charge in [-0.3, -0.25) is 4.52 Å². The molecule has 0 aliphatic rings. The minimum atomic E-state index is -3.77. The van der Waals surface area contributed by atoms with Crippen molar-refractivity contribution in [3.63, 3.8) is 0 Å². The van der Waals surface area contributed by atoms with Gasteiger partial charge in [-0.1, -0.05) is 62.6 Å². The molecule has 2 aromatic rings. The van der Waals surface area contributed by atoms with Gasteiger partial charge in [0.05, 0.1) is 6.61 Å². The van der Waals surface area contributed by atoms with Crippen molar-refractivity contribution in [1.82, 2.24) is 0 Å². The molecule has 25 heavy (non-hydrogen) atoms. The lowest BCUT2D eigenvalue weighted by atomic mass is 10.2. The van der Waals surface area contributed by atoms with Crippen molar-refractivity contribution in [2.24, 2.45) is 0 Å². The number of hydrogen-bond donors (Lipinski definition) is 0. The third-order valence-electron chi connectivity index (χ3n) is 3.85. The summed E-state index contributed by atoms with van der Waals surface area (Å²) in [6, 6.07) is 14.8. The smallest absolute Gasteiger partial charge is 0.395 e. The number of aryl methyl sites for hydroxylation is 2. The van der Waals surface area contributed by atoms with Gasteiger partial charge in [-0.05, 0) is 43.5 Å². The lowest BCUT2D eigenvalue weighted by molar-refractivity contribution is 0.204. The van der Waals surface area contributed by atoms with Crippen LogP contribution in [0.15, 0.2) is 48.5 Å². The highest BCUT2D eigenvalue weighted by Gasteiger charge is 2.31. The Morgan fingerprint density at radius 2 is 1.32 bits per heavy atom. The Morgan fingerprint density at radius 3 is 1.80 bits per heavy atom. The fourth-order valence-electron chi connectivity index (χ4n) is 2.34. The molecule has 2 rings (SSSR count). The maximum atomic E-state index is 13.2. The van der Waals surface area contributed by atoms with Crippen molar-refractivity contribution in [3.8, 4) is 11.5 Å². The first-order valence-electron chi connectivity index (χ1n) is 8.79. The van der Waals surface area contributed by atoms with Crippen LogP contribution in [0.25, 0.3) is 0 Å². The Bertz CT molecular complexity index is 663. The van der Waals surface area contributed by atoms with E-state index >= 15 is 0 Å². The molecular weight excluding hydrogens is 335 g/mol. The number of hydrogen-bond acceptors (Lipinski definition) is 4. The molecule has 0 aromatic heterocycles. The minimum absolute atomic E-state index is 0.342. The SMILES string of the molecule is CCCCCCOP(=O)(Oc1ccccc1C)Oc1ccccc1C. The third-order valence-corrected chi connectivity index (χ3v) is 5.19. The van der Waals surface area contributed by atoms with Crippen molar-refractivity contribution < 1.29 is 18.1 Å². The Kier molecular flexibility index (Phi) is 7.54. The van der Waals surface area contributed by atoms with Crippen LogP contribution < -0.4 is 9.05 Å². The van der Waals surface area contributed by atoms with Gasteiger partial charge in [0.15, 0.2) is 0 Å². The summed E-state index contributed by atoms with van der Waals surface area (Å²) in [7, 11) is -3.77. The summed E-state index contributed by atoms with van der Waals surface area (Å²) in [5.74, 6) is 1.01. The molecule has 0 aliphatic carbocycles. The van der Waals surface area contributed by atoms with Gasteiger partial charge in [0, 0.05) is 0 Å². The molecule has 5 heteroatoms. The molecule has 0 aliphatic heterocycles. The summed E-state index contributed by atoms with van der Waals surface area (Å²) in [4.78, 5) is 0. The minimum Gasteiger partial charge on any atom is -0.395 e. The molecule has 0 saturated heterocycles. The van der Waals surface area contributed by atoms with Crippen LogP contribution in [0.5, 0.6) is 11.5 Å². The fraction of sp³-hybridized carbons (Fsp3) is 0.400. The van der Waals surface area contributed by atoms with Gasteiger partial charge in [0.1, 0.15) is 11.5 Å². The number of rotatable bonds is 10. The van der Waals surface area contributed by atoms with Crippen molar-refractivity contribution >= 4 is 7.82 Å². The van der Waals surface area contributed by atoms with Crippen molar-refractivity contribution in [2.75, 3.05) is 6.61 Å². The first-order valence-corrected chi connectivity index (χ1v) is 10.2. The topological polar surface area (TPSA) is 44.8 Å². The van der Waals surface area contributed by atoms with E-state index in [2.05, 4.69) is 6.92 Å². The summed E-state index contributed by atoms with van der Waals surface area (Å²) in [5.41, 5.74) is 1.76. The van der Waals surface area contributed by atoms with Crippen LogP contribution >= 0.6 is 7.82 Å². The second kappa shape index (κ2) is 9.65. The number of benzene rings is 2. The van der Waals surface area contributed by atoms with Gasteiger partial charge < -0.3 is 9.05 Å². The third kappa shape index (κ3) is 6.22. The van der Waals surface area contributed by atoms with Crippen LogP contribution in [0.4, 0.5) is 0 Å². The van der Waals surface area contributed by atoms with E-state index in [1.165, 1.54) is 0 Å². The Labute approximate surface area is 150 Å². The van der Waals surface area contributed by atoms with E-state index in [9.17, 15) is 4.57 Å². The molecule has 0 bridgehead atoms. The summed E-state index contributed by atoms with van der Waals surface area (Å²) >= 11 is 0. The molecule has 0 spiro atoms. The van der Waals surface area contributed by atoms with Gasteiger partial charge in [-0.2, -0.15) is 0 Å². The van der Waals surface area contributed by atoms with E-state index in [-0.39, 0.29) is 0 Å². The van der Waals surface area contributed by atoms with E-state index in [4.69, 9.17) is 13.6 Å². The highest BCUT2D eigenvalue weighted by molar-refractivity contribution is 7.49. The average molecular weight is 362 g/mol. The van der Waals surface area contributed by atoms with Crippen molar-refractivity contribution in [3.05, 3.63) is 59.7 Å². The van der Waals surface area contributed by atoms with Crippen LogP contribution in [0.1, 0.15) is 43.7 Å². The van der Waals surface area contributed by atoms with Gasteiger partial charge in [-0.15, -0.1) is 0 Å². The second-order valence-electron chi connectivity index (χ2n) is 6.05. The van der Waals surface area contributed by atoms with E-state index in [1.54, 1.807) is 12.1 Å². The number of unbranched alkanes of at least 4 members (excludes halogenated alkanes) is 3. The number of phosphoric ester groups is 1. The number of phosphoric acid groups is 1. The lowest BCUT2D eigenvalue weighted by Crippen LogP contribution is -2.07. The van der Waals surface area contributed by atoms with Gasteiger partial charge in [0.2, 0.25) is 0 Å². The van der Waals surface area contributed by atoms with Gasteiger partial charge >= 0.3 is 7.82 Å². The molecule has 0 radical (unpaired) electrons. The predicted molar refractivity (Wildman–Crippen MR) is 101 cm³/mol. The normalized spacial score (nSPS) is 11.3. The molecule has 0 heterocycles. The Hall–Kier alpha value is -1.77. The van der Waals surface area contributed by atoms with Crippen LogP contribution in [0.2, 0.25) is 0 Å². The molecule has 0 unspecified atom stereocenters. The summed E-state index contributed by atoms with van der Waals surface area (Å²) in [6.45, 7) is 6.28. The van der Waals surface area contributed by atoms with Crippen molar-refractivity contribution in [2.45, 2.75) is 46.5 Å². The van der Waals surface area contributed by atoms with Crippen LogP contribution in [0.3, 0.4) is 0 Å². The molecular formula is C20H27O4P. The highest BCUT2D eigenvalue weighted by atomic mass is 31.2. The summed E-state index contributed by atoms with van der Waals surface area (Å²) in [5, 5.41) is 0. The van der Waals surface area contributed by atoms with Crippen LogP contribution in [-0.2, 0) is 9.09 Å². The first-order chi connectivity index (χ1) is 12.0. The molecule has 4 nitrogen and oxygen atoms in total. The highest BCUT2D eigenvalue weighted by Crippen LogP contribution is 2.50. The Morgan fingerprint density at radius 1 is 0.800 bits per heavy atom. The van der Waals surface area contributed by atoms with Crippen molar-refractivity contribution in [1.29, 1.82) is 0 Å². The summed E-state index contributed by atoms with van der Waals surface area (Å²) in [6.07, 6.45) is 4.12. The standard InChI is InChI=1S/C20H27O4P/c1-4-5-6-11-16-22-25(21,23-19-14-9-7-12-17(19)2)24-20-15-10-8-13-18(20)3/h7-10,12-15H,4-6,11,16H2,1-3H3. The predicted octanol–water partition coefficient (Wildman–Crippen LogP) is 6.47. The quantitative estimate of drug-likeness (QED) is 0.359. The fourth-order valence-corrected chi connectivity index (χ4v) is 3.72. The zero-order valence-corrected chi connectivity index (χ0v) is 16.1. The average Bonchev–Trinajstić information content (AvgIpc) is 2.59. The first kappa shape index (κ1) is 19.6. The summed E-state index contributed by atoms with van der Waals surface area (Å²) < 4.78 is 30.2. The monoisotopic (exact) mass is 362 g/mol. The Balaban J connectivity index is 2.14. The van der Waals surface area contributed by atoms with E-state index in [0.717, 1.165) is 36.8 Å². The van der Waals surface area contributed by atoms with Gasteiger partial charge in [0.25, 0.3) is 0 Å². The maximum Gasteiger partial charge on any atom is 0.587 e. The second-order valence-corrected chi connectivity index (χ2v) is 7.57. The van der Waals surface area contributed by atoms with Crippen LogP contribution in [-0.4, -0.2) is 6.61 Å². The van der Waals surface area contributed by atoms with E-state index < -0.39 is 7.82 Å². The molecule has 0 atom stereocenters. The molecule has 136 valence electrons. The maximum absolute atomic E-state index is 13.2. The molecule has 0 amide bonds. The van der Waals surface area contributed by atoms with E-state index in [0.29, 0.717) is 18.1 Å². The lowest BCUT2D eigenvalue weighted by Gasteiger charge is -2.20. The zero-order chi connectivity index (χ0) is 18.1. The largest absolute Gasteiger partial charge is 0.587 e. The molecule has 0 N–H and O–H groups in total. The molecule has 2 aromatic carbocycles. The molecule has 0 fully saturated rings.